The molecule has 0 spiro atoms. The number of nitrogens with zero attached hydrogens (tertiary/aromatic N) is 3. The van der Waals surface area contributed by atoms with Gasteiger partial charge in [-0.15, -0.1) is 10.2 Å². The van der Waals surface area contributed by atoms with Gasteiger partial charge in [-0.3, -0.25) is 4.79 Å². The first kappa shape index (κ1) is 23.2. The van der Waals surface area contributed by atoms with Gasteiger partial charge in [0, 0.05) is 11.6 Å². The van der Waals surface area contributed by atoms with Crippen LogP contribution in [-0.4, -0.2) is 33.5 Å². The predicted molar refractivity (Wildman–Crippen MR) is 124 cm³/mol. The lowest BCUT2D eigenvalue weighted by Gasteiger charge is -2.16. The number of hydrogen-bond acceptors (Lipinski definition) is 6. The van der Waals surface area contributed by atoms with Crippen LogP contribution in [0.25, 0.3) is 0 Å². The fraction of sp³-hybridized carbons (Fsp3) is 0.286. The number of rotatable bonds is 9. The molecule has 10 heteroatoms. The van der Waals surface area contributed by atoms with Crippen LogP contribution in [0, 0.1) is 0 Å². The first-order valence-electron chi connectivity index (χ1n) is 9.53. The van der Waals surface area contributed by atoms with Crippen LogP contribution in [0.2, 0.25) is 10.0 Å². The first-order valence-corrected chi connectivity index (χ1v) is 11.3. The number of ether oxygens (including phenoxy) is 2. The molecule has 0 radical (unpaired) electrons. The molecule has 1 N–H and O–H groups in total. The van der Waals surface area contributed by atoms with Crippen LogP contribution in [-0.2, 0) is 11.3 Å². The number of hydrogen-bond donors (Lipinski definition) is 1. The smallest absolute Gasteiger partial charge is 0.234 e. The summed E-state index contributed by atoms with van der Waals surface area (Å²) in [6, 6.07) is 12.3. The molecule has 1 unspecified atom stereocenters. The Morgan fingerprint density at radius 3 is 2.68 bits per heavy atom. The Bertz CT molecular complexity index is 1060. The van der Waals surface area contributed by atoms with Crippen molar-refractivity contribution in [1.82, 2.24) is 14.8 Å². The Morgan fingerprint density at radius 1 is 1.19 bits per heavy atom. The van der Waals surface area contributed by atoms with Gasteiger partial charge < -0.3 is 19.4 Å². The highest BCUT2D eigenvalue weighted by atomic mass is 35.5. The summed E-state index contributed by atoms with van der Waals surface area (Å²) in [5.74, 6) is 1.70. The molecule has 1 aromatic heterocycles. The zero-order valence-electron chi connectivity index (χ0n) is 17.3. The molecule has 7 nitrogen and oxygen atoms in total. The molecular formula is C21H22Cl2N4O3S. The minimum atomic E-state index is -0.369. The fourth-order valence-corrected chi connectivity index (χ4v) is 4.04. The van der Waals surface area contributed by atoms with Gasteiger partial charge in [-0.25, -0.2) is 0 Å². The van der Waals surface area contributed by atoms with E-state index in [0.717, 1.165) is 0 Å². The maximum absolute atomic E-state index is 12.5. The lowest BCUT2D eigenvalue weighted by atomic mass is 10.3. The molecule has 0 aliphatic carbocycles. The van der Waals surface area contributed by atoms with Crippen molar-refractivity contribution >= 4 is 46.6 Å². The highest BCUT2D eigenvalue weighted by Gasteiger charge is 2.20. The van der Waals surface area contributed by atoms with Gasteiger partial charge in [0.1, 0.15) is 11.5 Å². The number of methoxy groups -OCH3 is 1. The number of para-hydroxylation sites is 1. The number of anilines is 1. The molecule has 3 aromatic rings. The number of thioether (sulfide) groups is 1. The summed E-state index contributed by atoms with van der Waals surface area (Å²) in [5.41, 5.74) is 0.514. The van der Waals surface area contributed by atoms with Crippen LogP contribution in [0.1, 0.15) is 25.8 Å². The van der Waals surface area contributed by atoms with Crippen LogP contribution in [0.4, 0.5) is 5.69 Å². The SMILES string of the molecule is CCn1c(SCC(=O)Nc2cc(Cl)ccc2OC)nnc1C(C)Oc1ccccc1Cl. The third-order valence-corrected chi connectivity index (χ3v) is 5.85. The lowest BCUT2D eigenvalue weighted by Crippen LogP contribution is -2.16. The molecule has 0 saturated carbocycles. The maximum atomic E-state index is 12.5. The second kappa shape index (κ2) is 10.7. The number of nitrogens with one attached hydrogen (secondary N) is 1. The predicted octanol–water partition coefficient (Wildman–Crippen LogP) is 5.48. The highest BCUT2D eigenvalue weighted by molar-refractivity contribution is 7.99. The zero-order chi connectivity index (χ0) is 22.4. The van der Waals surface area contributed by atoms with E-state index < -0.39 is 0 Å². The van der Waals surface area contributed by atoms with Gasteiger partial charge in [0.2, 0.25) is 5.91 Å². The van der Waals surface area contributed by atoms with Crippen molar-refractivity contribution in [2.45, 2.75) is 31.7 Å². The fourth-order valence-electron chi connectivity index (χ4n) is 2.88. The summed E-state index contributed by atoms with van der Waals surface area (Å²) < 4.78 is 13.1. The second-order valence-electron chi connectivity index (χ2n) is 6.46. The molecule has 31 heavy (non-hydrogen) atoms. The van der Waals surface area contributed by atoms with E-state index in [4.69, 9.17) is 32.7 Å². The van der Waals surface area contributed by atoms with E-state index in [2.05, 4.69) is 15.5 Å². The van der Waals surface area contributed by atoms with E-state index in [0.29, 0.717) is 44.8 Å². The quantitative estimate of drug-likeness (QED) is 0.408. The third kappa shape index (κ3) is 5.84. The molecule has 0 aliphatic rings. The normalized spacial score (nSPS) is 11.8. The Balaban J connectivity index is 1.66. The molecule has 0 bridgehead atoms. The Hall–Kier alpha value is -2.42. The van der Waals surface area contributed by atoms with Gasteiger partial charge in [0.05, 0.1) is 23.6 Å². The number of halogens is 2. The molecule has 0 saturated heterocycles. The lowest BCUT2D eigenvalue weighted by molar-refractivity contribution is -0.113. The van der Waals surface area contributed by atoms with Gasteiger partial charge in [-0.1, -0.05) is 47.1 Å². The Morgan fingerprint density at radius 2 is 1.97 bits per heavy atom. The van der Waals surface area contributed by atoms with Crippen molar-refractivity contribution in [1.29, 1.82) is 0 Å². The zero-order valence-corrected chi connectivity index (χ0v) is 19.6. The molecule has 0 fully saturated rings. The number of aromatic nitrogens is 3. The third-order valence-electron chi connectivity index (χ3n) is 4.33. The number of benzene rings is 2. The summed E-state index contributed by atoms with van der Waals surface area (Å²) in [7, 11) is 1.53. The largest absolute Gasteiger partial charge is 0.495 e. The van der Waals surface area contributed by atoms with Gasteiger partial charge in [0.25, 0.3) is 0 Å². The number of carbonyl (C=O) groups excluding carboxylic acids is 1. The molecule has 164 valence electrons. The average Bonchev–Trinajstić information content (AvgIpc) is 3.17. The van der Waals surface area contributed by atoms with Crippen LogP contribution >= 0.6 is 35.0 Å². The Kier molecular flexibility index (Phi) is 8.06. The first-order chi connectivity index (χ1) is 14.9. The number of amides is 1. The van der Waals surface area contributed by atoms with Crippen LogP contribution in [0.3, 0.4) is 0 Å². The van der Waals surface area contributed by atoms with Crippen LogP contribution in [0.5, 0.6) is 11.5 Å². The molecule has 3 rings (SSSR count). The van der Waals surface area contributed by atoms with Crippen LogP contribution < -0.4 is 14.8 Å². The van der Waals surface area contributed by atoms with Crippen molar-refractivity contribution in [2.24, 2.45) is 0 Å². The highest BCUT2D eigenvalue weighted by Crippen LogP contribution is 2.30. The summed E-state index contributed by atoms with van der Waals surface area (Å²) in [5, 5.41) is 13.0. The van der Waals surface area contributed by atoms with E-state index in [9.17, 15) is 4.79 Å². The van der Waals surface area contributed by atoms with Crippen molar-refractivity contribution in [3.8, 4) is 11.5 Å². The Labute approximate surface area is 195 Å². The molecule has 0 aliphatic heterocycles. The van der Waals surface area contributed by atoms with Gasteiger partial charge in [-0.2, -0.15) is 0 Å². The van der Waals surface area contributed by atoms with Crippen molar-refractivity contribution < 1.29 is 14.3 Å². The molecule has 1 heterocycles. The van der Waals surface area contributed by atoms with Crippen LogP contribution in [0.15, 0.2) is 47.6 Å². The minimum absolute atomic E-state index is 0.146. The van der Waals surface area contributed by atoms with E-state index in [1.165, 1.54) is 18.9 Å². The summed E-state index contributed by atoms with van der Waals surface area (Å²) in [6.45, 7) is 4.49. The van der Waals surface area contributed by atoms with Gasteiger partial charge in [0.15, 0.2) is 17.1 Å². The maximum Gasteiger partial charge on any atom is 0.234 e. The molecule has 1 amide bonds. The summed E-state index contributed by atoms with van der Waals surface area (Å²) >= 11 is 13.5. The van der Waals surface area contributed by atoms with Gasteiger partial charge >= 0.3 is 0 Å². The summed E-state index contributed by atoms with van der Waals surface area (Å²) in [6.07, 6.45) is -0.369. The summed E-state index contributed by atoms with van der Waals surface area (Å²) in [4.78, 5) is 12.5. The monoisotopic (exact) mass is 480 g/mol. The second-order valence-corrected chi connectivity index (χ2v) is 8.24. The average molecular weight is 481 g/mol. The molecular weight excluding hydrogens is 459 g/mol. The topological polar surface area (TPSA) is 78.3 Å². The number of carbonyl (C=O) groups is 1. The van der Waals surface area contributed by atoms with Gasteiger partial charge in [-0.05, 0) is 44.2 Å². The van der Waals surface area contributed by atoms with E-state index in [-0.39, 0.29) is 17.8 Å². The van der Waals surface area contributed by atoms with E-state index >= 15 is 0 Å². The van der Waals surface area contributed by atoms with Crippen molar-refractivity contribution in [2.75, 3.05) is 18.2 Å². The molecule has 2 aromatic carbocycles. The molecule has 1 atom stereocenters. The minimum Gasteiger partial charge on any atom is -0.495 e. The van der Waals surface area contributed by atoms with Crippen molar-refractivity contribution in [3.05, 3.63) is 58.3 Å². The standard InChI is InChI=1S/C21H22Cl2N4O3S/c1-4-27-20(13(2)30-17-8-6-5-7-15(17)23)25-26-21(27)31-12-19(28)24-16-11-14(22)9-10-18(16)29-3/h5-11,13H,4,12H2,1-3H3,(H,24,28). The van der Waals surface area contributed by atoms with Crippen molar-refractivity contribution in [3.63, 3.8) is 0 Å². The van der Waals surface area contributed by atoms with E-state index in [1.54, 1.807) is 30.3 Å². The van der Waals surface area contributed by atoms with E-state index in [1.807, 2.05) is 30.5 Å².